The second kappa shape index (κ2) is 16.2. The van der Waals surface area contributed by atoms with Crippen LogP contribution in [0.2, 0.25) is 0 Å². The predicted molar refractivity (Wildman–Crippen MR) is 217 cm³/mol. The van der Waals surface area contributed by atoms with Crippen molar-refractivity contribution in [1.82, 2.24) is 15.1 Å². The van der Waals surface area contributed by atoms with E-state index in [-0.39, 0.29) is 24.2 Å². The third-order valence-corrected chi connectivity index (χ3v) is 12.2. The molecule has 0 saturated heterocycles. The van der Waals surface area contributed by atoms with Crippen molar-refractivity contribution >= 4 is 11.7 Å². The van der Waals surface area contributed by atoms with Gasteiger partial charge in [-0.3, -0.25) is 9.80 Å². The van der Waals surface area contributed by atoms with Gasteiger partial charge in [-0.15, -0.1) is 0 Å². The highest BCUT2D eigenvalue weighted by atomic mass is 16.5. The van der Waals surface area contributed by atoms with Crippen molar-refractivity contribution in [2.45, 2.75) is 75.9 Å². The molecule has 2 amide bonds. The van der Waals surface area contributed by atoms with Crippen molar-refractivity contribution in [3.8, 4) is 46.0 Å². The average molecular weight is 763 g/mol. The number of fused-ring (bicyclic) bond motifs is 2. The fraction of sp³-hybridized carbons (Fsp3) is 0.444. The van der Waals surface area contributed by atoms with Crippen LogP contribution in [0.25, 0.3) is 0 Å². The summed E-state index contributed by atoms with van der Waals surface area (Å²) < 4.78 is 37.8. The maximum atomic E-state index is 13.6. The Hall–Kier alpha value is -5.13. The molecule has 6 bridgehead atoms. The minimum atomic E-state index is -0.227. The second-order valence-electron chi connectivity index (χ2n) is 15.6. The van der Waals surface area contributed by atoms with Gasteiger partial charge in [0.05, 0.1) is 28.4 Å². The van der Waals surface area contributed by atoms with Crippen LogP contribution in [0.4, 0.5) is 10.5 Å². The molecule has 4 aromatic carbocycles. The summed E-state index contributed by atoms with van der Waals surface area (Å²) >= 11 is 0. The van der Waals surface area contributed by atoms with Crippen LogP contribution in [0.5, 0.6) is 46.0 Å². The number of carbonyl (C=O) groups is 1. The Morgan fingerprint density at radius 1 is 0.696 bits per heavy atom. The van der Waals surface area contributed by atoms with Gasteiger partial charge in [0, 0.05) is 48.5 Å². The van der Waals surface area contributed by atoms with Gasteiger partial charge in [-0.1, -0.05) is 31.4 Å². The van der Waals surface area contributed by atoms with E-state index in [2.05, 4.69) is 64.9 Å². The minimum absolute atomic E-state index is 0.121. The summed E-state index contributed by atoms with van der Waals surface area (Å²) in [5, 5.41) is 6.43. The number of rotatable bonds is 6. The Morgan fingerprint density at radius 3 is 2.07 bits per heavy atom. The lowest BCUT2D eigenvalue weighted by Crippen LogP contribution is -2.39. The highest BCUT2D eigenvalue weighted by Crippen LogP contribution is 2.52. The van der Waals surface area contributed by atoms with Crippen molar-refractivity contribution in [2.24, 2.45) is 0 Å². The van der Waals surface area contributed by atoms with Crippen LogP contribution in [0.3, 0.4) is 0 Å². The normalized spacial score (nSPS) is 19.7. The van der Waals surface area contributed by atoms with E-state index >= 15 is 0 Å². The van der Waals surface area contributed by atoms with Gasteiger partial charge in [0.1, 0.15) is 5.75 Å². The number of likely N-dealkylation sites (N-methyl/N-ethyl adjacent to an activating group) is 2. The van der Waals surface area contributed by atoms with Gasteiger partial charge in [0.2, 0.25) is 5.75 Å². The molecule has 1 saturated carbocycles. The lowest BCUT2D eigenvalue weighted by molar-refractivity contribution is 0.220. The third kappa shape index (κ3) is 7.42. The summed E-state index contributed by atoms with van der Waals surface area (Å²) in [6, 6.07) is 18.4. The summed E-state index contributed by atoms with van der Waals surface area (Å²) in [4.78, 5) is 18.4. The number of nitrogens with zero attached hydrogens (tertiary/aromatic N) is 2. The Labute approximate surface area is 330 Å². The summed E-state index contributed by atoms with van der Waals surface area (Å²) in [5.41, 5.74) is 7.30. The fourth-order valence-electron chi connectivity index (χ4n) is 9.05. The van der Waals surface area contributed by atoms with Crippen LogP contribution in [0.1, 0.15) is 77.6 Å². The van der Waals surface area contributed by atoms with E-state index in [1.54, 1.807) is 28.4 Å². The van der Waals surface area contributed by atoms with Crippen LogP contribution < -0.4 is 39.1 Å². The standard InChI is InChI=1S/C45H54N4O7/c1-48-18-16-28-22-37(51-3)40-25-33(28)35(48)20-27-12-14-32(15-13-27)55-39-24-30(34(26-38(39)52-4)47-45(50)46-31-10-8-7-9-11-31)21-36-42-29(17-19-49(36)2)23-41(53-5)43(54-6)44(42)56-40/h12-15,22-26,31,35-36H,7-11,16-21H2,1-6H3,(H2,46,47,50)/t35-,36-/m0/s1. The number of methoxy groups -OCH3 is 4. The third-order valence-electron chi connectivity index (χ3n) is 12.2. The van der Waals surface area contributed by atoms with Gasteiger partial charge in [-0.05, 0) is 117 Å². The number of hydrogen-bond donors (Lipinski definition) is 2. The van der Waals surface area contributed by atoms with Crippen LogP contribution in [-0.2, 0) is 25.7 Å². The Bertz CT molecular complexity index is 2080. The number of anilines is 1. The maximum absolute atomic E-state index is 13.6. The number of urea groups is 1. The number of hydrogen-bond acceptors (Lipinski definition) is 9. The first-order valence-corrected chi connectivity index (χ1v) is 19.9. The largest absolute Gasteiger partial charge is 0.493 e. The van der Waals surface area contributed by atoms with Crippen LogP contribution in [0, 0.1) is 0 Å². The lowest BCUT2D eigenvalue weighted by Gasteiger charge is -2.37. The summed E-state index contributed by atoms with van der Waals surface area (Å²) in [7, 11) is 10.9. The van der Waals surface area contributed by atoms with Crippen LogP contribution in [0.15, 0.2) is 54.6 Å². The molecule has 0 radical (unpaired) electrons. The minimum Gasteiger partial charge on any atom is -0.493 e. The molecule has 9 rings (SSSR count). The fourth-order valence-corrected chi connectivity index (χ4v) is 9.05. The van der Waals surface area contributed by atoms with Crippen molar-refractivity contribution in [3.63, 3.8) is 0 Å². The van der Waals surface area contributed by atoms with Gasteiger partial charge in [-0.25, -0.2) is 4.79 Å². The highest BCUT2D eigenvalue weighted by molar-refractivity contribution is 5.91. The van der Waals surface area contributed by atoms with E-state index in [4.69, 9.17) is 28.4 Å². The second-order valence-corrected chi connectivity index (χ2v) is 15.6. The molecule has 56 heavy (non-hydrogen) atoms. The summed E-state index contributed by atoms with van der Waals surface area (Å²) in [6.45, 7) is 1.74. The summed E-state index contributed by atoms with van der Waals surface area (Å²) in [5.74, 6) is 4.77. The Morgan fingerprint density at radius 2 is 1.36 bits per heavy atom. The SMILES string of the molecule is COc1cc(NC(=O)NC2CCCCC2)c2cc1Oc1ccc(cc1)C[C@H]1c3cc(c(OC)cc3CCN1C)Oc1c(OC)c(OC)cc3c1[C@H](C2)N(C)CC3. The van der Waals surface area contributed by atoms with E-state index in [0.717, 1.165) is 74.7 Å². The van der Waals surface area contributed by atoms with E-state index in [1.165, 1.54) is 23.1 Å². The highest BCUT2D eigenvalue weighted by Gasteiger charge is 2.35. The molecule has 1 aliphatic carbocycles. The van der Waals surface area contributed by atoms with E-state index in [0.29, 0.717) is 58.1 Å². The molecular formula is C45H54N4O7. The molecule has 0 unspecified atom stereocenters. The van der Waals surface area contributed by atoms with E-state index in [1.807, 2.05) is 24.3 Å². The van der Waals surface area contributed by atoms with Gasteiger partial charge in [0.25, 0.3) is 0 Å². The molecule has 296 valence electrons. The molecule has 11 heteroatoms. The van der Waals surface area contributed by atoms with Crippen molar-refractivity contribution in [3.05, 3.63) is 88.0 Å². The number of amides is 2. The zero-order valence-corrected chi connectivity index (χ0v) is 33.5. The molecule has 2 atom stereocenters. The molecule has 0 aromatic heterocycles. The average Bonchev–Trinajstić information content (AvgIpc) is 3.21. The van der Waals surface area contributed by atoms with Crippen LogP contribution in [-0.4, -0.2) is 77.5 Å². The molecule has 2 N–H and O–H groups in total. The molecule has 11 nitrogen and oxygen atoms in total. The number of carbonyl (C=O) groups excluding carboxylic acids is 1. The van der Waals surface area contributed by atoms with Gasteiger partial charge >= 0.3 is 6.03 Å². The zero-order chi connectivity index (χ0) is 38.9. The molecule has 1 fully saturated rings. The van der Waals surface area contributed by atoms with E-state index < -0.39 is 0 Å². The van der Waals surface area contributed by atoms with Crippen molar-refractivity contribution in [2.75, 3.05) is 60.9 Å². The molecule has 4 aliphatic heterocycles. The van der Waals surface area contributed by atoms with Gasteiger partial charge in [0.15, 0.2) is 34.5 Å². The molecule has 4 aromatic rings. The smallest absolute Gasteiger partial charge is 0.319 e. The molecule has 5 aliphatic rings. The number of ether oxygens (including phenoxy) is 6. The lowest BCUT2D eigenvalue weighted by atomic mass is 9.86. The first-order valence-electron chi connectivity index (χ1n) is 19.9. The zero-order valence-electron chi connectivity index (χ0n) is 33.5. The molecule has 0 spiro atoms. The monoisotopic (exact) mass is 762 g/mol. The van der Waals surface area contributed by atoms with E-state index in [9.17, 15) is 4.79 Å². The number of benzene rings is 4. The van der Waals surface area contributed by atoms with Gasteiger partial charge in [-0.2, -0.15) is 0 Å². The van der Waals surface area contributed by atoms with Gasteiger partial charge < -0.3 is 39.1 Å². The first kappa shape index (κ1) is 37.8. The molecule has 4 heterocycles. The number of nitrogens with one attached hydrogen (secondary N) is 2. The first-order chi connectivity index (χ1) is 27.3. The molecular weight excluding hydrogens is 709 g/mol. The maximum Gasteiger partial charge on any atom is 0.319 e. The summed E-state index contributed by atoms with van der Waals surface area (Å²) in [6.07, 6.45) is 8.44. The van der Waals surface area contributed by atoms with Crippen LogP contribution >= 0.6 is 0 Å². The van der Waals surface area contributed by atoms with Crippen molar-refractivity contribution < 1.29 is 33.2 Å². The quantitative estimate of drug-likeness (QED) is 0.200. The Kier molecular flexibility index (Phi) is 10.9. The van der Waals surface area contributed by atoms with Crippen molar-refractivity contribution in [1.29, 1.82) is 0 Å². The Balaban J connectivity index is 1.31. The topological polar surface area (TPSA) is 103 Å². The predicted octanol–water partition coefficient (Wildman–Crippen LogP) is 8.62.